The molecule has 3 heteroatoms. The van der Waals surface area contributed by atoms with Crippen molar-refractivity contribution in [3.05, 3.63) is 35.4 Å². The molecule has 1 aliphatic rings. The molecule has 0 aromatic heterocycles. The first-order chi connectivity index (χ1) is 8.61. The smallest absolute Gasteiger partial charge is 0.310 e. The first-order valence-corrected chi connectivity index (χ1v) is 6.44. The van der Waals surface area contributed by atoms with Crippen LogP contribution in [0.2, 0.25) is 0 Å². The van der Waals surface area contributed by atoms with Crippen molar-refractivity contribution < 1.29 is 9.53 Å². The summed E-state index contributed by atoms with van der Waals surface area (Å²) in [6, 6.07) is 8.51. The van der Waals surface area contributed by atoms with Crippen LogP contribution >= 0.6 is 0 Å². The minimum Gasteiger partial charge on any atom is -0.469 e. The predicted octanol–water partition coefficient (Wildman–Crippen LogP) is 2.20. The molecule has 0 amide bonds. The number of benzene rings is 1. The van der Waals surface area contributed by atoms with E-state index in [1.54, 1.807) is 0 Å². The predicted molar refractivity (Wildman–Crippen MR) is 71.5 cm³/mol. The molecule has 1 aromatic rings. The van der Waals surface area contributed by atoms with Crippen molar-refractivity contribution in [2.75, 3.05) is 27.2 Å². The number of ether oxygens (including phenoxy) is 1. The number of hydrogen-bond acceptors (Lipinski definition) is 3. The number of nitrogens with zero attached hydrogens (tertiary/aromatic N) is 1. The van der Waals surface area contributed by atoms with E-state index in [-0.39, 0.29) is 17.8 Å². The highest BCUT2D eigenvalue weighted by molar-refractivity contribution is 5.74. The van der Waals surface area contributed by atoms with E-state index >= 15 is 0 Å². The highest BCUT2D eigenvalue weighted by Gasteiger charge is 2.34. The van der Waals surface area contributed by atoms with Gasteiger partial charge in [-0.2, -0.15) is 0 Å². The van der Waals surface area contributed by atoms with Crippen LogP contribution in [0, 0.1) is 12.8 Å². The van der Waals surface area contributed by atoms with Crippen LogP contribution in [0.4, 0.5) is 0 Å². The van der Waals surface area contributed by atoms with Gasteiger partial charge in [0, 0.05) is 6.54 Å². The van der Waals surface area contributed by atoms with Gasteiger partial charge in [-0.1, -0.05) is 29.8 Å². The highest BCUT2D eigenvalue weighted by atomic mass is 16.5. The normalized spacial score (nSPS) is 24.8. The Kier molecular flexibility index (Phi) is 4.02. The summed E-state index contributed by atoms with van der Waals surface area (Å²) in [4.78, 5) is 14.1. The van der Waals surface area contributed by atoms with Gasteiger partial charge in [0.15, 0.2) is 0 Å². The Morgan fingerprint density at radius 3 is 2.61 bits per heavy atom. The molecule has 0 unspecified atom stereocenters. The monoisotopic (exact) mass is 247 g/mol. The second-order valence-electron chi connectivity index (χ2n) is 5.20. The summed E-state index contributed by atoms with van der Waals surface area (Å²) in [5, 5.41) is 0. The third kappa shape index (κ3) is 2.72. The zero-order valence-electron chi connectivity index (χ0n) is 11.3. The fraction of sp³-hybridized carbons (Fsp3) is 0.533. The second-order valence-corrected chi connectivity index (χ2v) is 5.20. The van der Waals surface area contributed by atoms with Crippen molar-refractivity contribution >= 4 is 5.97 Å². The molecule has 0 bridgehead atoms. The fourth-order valence-corrected chi connectivity index (χ4v) is 2.72. The van der Waals surface area contributed by atoms with Crippen molar-refractivity contribution in [3.63, 3.8) is 0 Å². The topological polar surface area (TPSA) is 29.5 Å². The summed E-state index contributed by atoms with van der Waals surface area (Å²) in [6.07, 6.45) is 1.01. The van der Waals surface area contributed by atoms with Crippen LogP contribution < -0.4 is 0 Å². The number of likely N-dealkylation sites (tertiary alicyclic amines) is 1. The first kappa shape index (κ1) is 13.1. The van der Waals surface area contributed by atoms with Crippen molar-refractivity contribution in [1.29, 1.82) is 0 Å². The molecule has 0 N–H and O–H groups in total. The van der Waals surface area contributed by atoms with Crippen LogP contribution in [0.3, 0.4) is 0 Å². The van der Waals surface area contributed by atoms with Crippen molar-refractivity contribution in [2.45, 2.75) is 19.3 Å². The zero-order chi connectivity index (χ0) is 13.1. The van der Waals surface area contributed by atoms with E-state index in [0.29, 0.717) is 0 Å². The average molecular weight is 247 g/mol. The number of carbonyl (C=O) groups excluding carboxylic acids is 1. The van der Waals surface area contributed by atoms with Gasteiger partial charge in [-0.15, -0.1) is 0 Å². The van der Waals surface area contributed by atoms with Gasteiger partial charge in [0.25, 0.3) is 0 Å². The maximum Gasteiger partial charge on any atom is 0.310 e. The summed E-state index contributed by atoms with van der Waals surface area (Å²) in [5.74, 6) is 0.151. The lowest BCUT2D eigenvalue weighted by molar-refractivity contribution is -0.148. The summed E-state index contributed by atoms with van der Waals surface area (Å²) in [7, 11) is 3.53. The minimum absolute atomic E-state index is 0.0449. The van der Waals surface area contributed by atoms with Gasteiger partial charge in [0.1, 0.15) is 0 Å². The van der Waals surface area contributed by atoms with E-state index in [9.17, 15) is 4.79 Å². The molecule has 1 saturated heterocycles. The number of esters is 1. The molecule has 18 heavy (non-hydrogen) atoms. The Morgan fingerprint density at radius 1 is 1.33 bits per heavy atom. The highest BCUT2D eigenvalue weighted by Crippen LogP contribution is 2.33. The van der Waals surface area contributed by atoms with Crippen LogP contribution in [0.15, 0.2) is 24.3 Å². The largest absolute Gasteiger partial charge is 0.469 e. The Balaban J connectivity index is 2.23. The number of piperidine rings is 1. The minimum atomic E-state index is -0.0906. The summed E-state index contributed by atoms with van der Waals surface area (Å²) >= 11 is 0. The van der Waals surface area contributed by atoms with Crippen molar-refractivity contribution in [1.82, 2.24) is 4.90 Å². The number of carbonyl (C=O) groups is 1. The summed E-state index contributed by atoms with van der Waals surface area (Å²) in [6.45, 7) is 3.90. The fourth-order valence-electron chi connectivity index (χ4n) is 2.72. The molecular weight excluding hydrogens is 226 g/mol. The van der Waals surface area contributed by atoms with Crippen LogP contribution in [0.1, 0.15) is 23.5 Å². The van der Waals surface area contributed by atoms with Gasteiger partial charge in [0.2, 0.25) is 0 Å². The van der Waals surface area contributed by atoms with E-state index in [1.807, 2.05) is 0 Å². The van der Waals surface area contributed by atoms with Crippen LogP contribution in [0.25, 0.3) is 0 Å². The molecule has 1 aromatic carbocycles. The molecule has 98 valence electrons. The van der Waals surface area contributed by atoms with E-state index in [0.717, 1.165) is 19.5 Å². The van der Waals surface area contributed by atoms with E-state index in [1.165, 1.54) is 18.2 Å². The van der Waals surface area contributed by atoms with E-state index < -0.39 is 0 Å². The van der Waals surface area contributed by atoms with Gasteiger partial charge < -0.3 is 9.64 Å². The maximum atomic E-state index is 11.9. The molecule has 0 saturated carbocycles. The van der Waals surface area contributed by atoms with E-state index in [4.69, 9.17) is 4.74 Å². The Bertz CT molecular complexity index is 413. The van der Waals surface area contributed by atoms with Crippen LogP contribution in [-0.4, -0.2) is 38.1 Å². The Hall–Kier alpha value is -1.35. The second kappa shape index (κ2) is 5.53. The summed E-state index contributed by atoms with van der Waals surface area (Å²) < 4.78 is 4.95. The molecule has 1 aliphatic heterocycles. The van der Waals surface area contributed by atoms with Crippen molar-refractivity contribution in [2.24, 2.45) is 5.92 Å². The lowest BCUT2D eigenvalue weighted by Gasteiger charge is -2.35. The molecule has 2 atom stereocenters. The molecule has 0 spiro atoms. The van der Waals surface area contributed by atoms with Gasteiger partial charge in [-0.25, -0.2) is 0 Å². The lowest BCUT2D eigenvalue weighted by atomic mass is 9.80. The number of rotatable bonds is 2. The number of aryl methyl sites for hydroxylation is 1. The van der Waals surface area contributed by atoms with Gasteiger partial charge in [-0.05, 0) is 38.4 Å². The number of methoxy groups -OCH3 is 1. The summed E-state index contributed by atoms with van der Waals surface area (Å²) in [5.41, 5.74) is 2.50. The molecule has 0 radical (unpaired) electrons. The third-order valence-electron chi connectivity index (χ3n) is 3.83. The van der Waals surface area contributed by atoms with Crippen LogP contribution in [-0.2, 0) is 9.53 Å². The first-order valence-electron chi connectivity index (χ1n) is 6.44. The average Bonchev–Trinajstić information content (AvgIpc) is 2.39. The SMILES string of the molecule is COC(=O)[C@H]1CN(C)CC[C@@H]1c1ccc(C)cc1. The van der Waals surface area contributed by atoms with Gasteiger partial charge in [0.05, 0.1) is 13.0 Å². The third-order valence-corrected chi connectivity index (χ3v) is 3.83. The molecule has 1 heterocycles. The Labute approximate surface area is 109 Å². The number of hydrogen-bond donors (Lipinski definition) is 0. The molecule has 1 fully saturated rings. The van der Waals surface area contributed by atoms with Crippen LogP contribution in [0.5, 0.6) is 0 Å². The molecule has 0 aliphatic carbocycles. The maximum absolute atomic E-state index is 11.9. The van der Waals surface area contributed by atoms with Gasteiger partial charge in [-0.3, -0.25) is 4.79 Å². The zero-order valence-corrected chi connectivity index (χ0v) is 11.3. The standard InChI is InChI=1S/C15H21NO2/c1-11-4-6-12(7-5-11)13-8-9-16(2)10-14(13)15(17)18-3/h4-7,13-14H,8-10H2,1-3H3/t13-,14+/m1/s1. The van der Waals surface area contributed by atoms with Gasteiger partial charge >= 0.3 is 5.97 Å². The Morgan fingerprint density at radius 2 is 2.00 bits per heavy atom. The lowest BCUT2D eigenvalue weighted by Crippen LogP contribution is -2.41. The molecule has 2 rings (SSSR count). The van der Waals surface area contributed by atoms with E-state index in [2.05, 4.69) is 43.1 Å². The quantitative estimate of drug-likeness (QED) is 0.750. The van der Waals surface area contributed by atoms with Crippen molar-refractivity contribution in [3.8, 4) is 0 Å². The molecular formula is C15H21NO2. The molecule has 3 nitrogen and oxygen atoms in total.